The van der Waals surface area contributed by atoms with Crippen molar-refractivity contribution in [3.8, 4) is 0 Å². The molecule has 1 aromatic carbocycles. The Kier molecular flexibility index (Phi) is 8.68. The first-order valence-corrected chi connectivity index (χ1v) is 7.10. The van der Waals surface area contributed by atoms with Gasteiger partial charge in [-0.3, -0.25) is 0 Å². The molecule has 0 radical (unpaired) electrons. The van der Waals surface area contributed by atoms with Crippen LogP contribution in [-0.4, -0.2) is 36.5 Å². The lowest BCUT2D eigenvalue weighted by Crippen LogP contribution is -2.10. The molecular weight excluding hydrogens is 264 g/mol. The summed E-state index contributed by atoms with van der Waals surface area (Å²) in [5, 5.41) is 23.5. The molecule has 1 aromatic rings. The van der Waals surface area contributed by atoms with E-state index < -0.39 is 0 Å². The third-order valence-corrected chi connectivity index (χ3v) is 2.80. The molecule has 4 N–H and O–H groups in total. The highest BCUT2D eigenvalue weighted by atomic mass is 16.3. The van der Waals surface area contributed by atoms with Gasteiger partial charge in [-0.25, -0.2) is 0 Å². The summed E-state index contributed by atoms with van der Waals surface area (Å²) in [5.41, 5.74) is 3.20. The standard InChI is InChI=1S/C17H24N2O2/c1-2-15(9-10-18-11-13-20)3-4-16-5-7-17(8-6-16)19-12-14-21/h2-10,18-21H,11-14H2,1H3/b4-3+,10-9-,15-2-. The summed E-state index contributed by atoms with van der Waals surface area (Å²) < 4.78 is 0. The van der Waals surface area contributed by atoms with Gasteiger partial charge >= 0.3 is 0 Å². The summed E-state index contributed by atoms with van der Waals surface area (Å²) >= 11 is 0. The van der Waals surface area contributed by atoms with E-state index in [2.05, 4.69) is 10.6 Å². The number of nitrogens with one attached hydrogen (secondary N) is 2. The predicted molar refractivity (Wildman–Crippen MR) is 89.0 cm³/mol. The van der Waals surface area contributed by atoms with Crippen LogP contribution in [-0.2, 0) is 0 Å². The quantitative estimate of drug-likeness (QED) is 0.415. The molecule has 0 fully saturated rings. The van der Waals surface area contributed by atoms with Gasteiger partial charge in [0.2, 0.25) is 0 Å². The highest BCUT2D eigenvalue weighted by molar-refractivity contribution is 5.58. The first-order chi connectivity index (χ1) is 10.3. The Morgan fingerprint density at radius 1 is 1.05 bits per heavy atom. The monoisotopic (exact) mass is 288 g/mol. The zero-order valence-electron chi connectivity index (χ0n) is 12.4. The van der Waals surface area contributed by atoms with E-state index in [0.29, 0.717) is 13.1 Å². The van der Waals surface area contributed by atoms with Gasteiger partial charge in [0.15, 0.2) is 0 Å². The van der Waals surface area contributed by atoms with Crippen molar-refractivity contribution in [3.05, 3.63) is 59.8 Å². The fourth-order valence-corrected chi connectivity index (χ4v) is 1.66. The molecule has 0 aliphatic heterocycles. The molecule has 0 saturated carbocycles. The van der Waals surface area contributed by atoms with Crippen molar-refractivity contribution in [1.82, 2.24) is 5.32 Å². The highest BCUT2D eigenvalue weighted by Gasteiger charge is 1.91. The maximum Gasteiger partial charge on any atom is 0.0604 e. The van der Waals surface area contributed by atoms with Crippen LogP contribution in [0.5, 0.6) is 0 Å². The summed E-state index contributed by atoms with van der Waals surface area (Å²) in [6.07, 6.45) is 9.89. The van der Waals surface area contributed by atoms with Gasteiger partial charge < -0.3 is 20.8 Å². The number of aliphatic hydroxyl groups excluding tert-OH is 2. The van der Waals surface area contributed by atoms with Gasteiger partial charge in [-0.2, -0.15) is 0 Å². The molecule has 0 spiro atoms. The molecule has 0 atom stereocenters. The van der Waals surface area contributed by atoms with Crippen LogP contribution < -0.4 is 10.6 Å². The zero-order chi connectivity index (χ0) is 15.3. The molecular formula is C17H24N2O2. The maximum atomic E-state index is 8.75. The number of allylic oxidation sites excluding steroid dienone is 4. The van der Waals surface area contributed by atoms with E-state index in [-0.39, 0.29) is 13.2 Å². The summed E-state index contributed by atoms with van der Waals surface area (Å²) in [6, 6.07) is 8.03. The molecule has 0 saturated heterocycles. The molecule has 0 amide bonds. The summed E-state index contributed by atoms with van der Waals surface area (Å²) in [5.74, 6) is 0. The second-order valence-corrected chi connectivity index (χ2v) is 4.41. The Hall–Kier alpha value is -2.04. The van der Waals surface area contributed by atoms with E-state index >= 15 is 0 Å². The Morgan fingerprint density at radius 3 is 2.38 bits per heavy atom. The van der Waals surface area contributed by atoms with Gasteiger partial charge in [0.05, 0.1) is 13.2 Å². The van der Waals surface area contributed by atoms with E-state index in [4.69, 9.17) is 10.2 Å². The molecule has 114 valence electrons. The van der Waals surface area contributed by atoms with E-state index in [1.54, 1.807) is 0 Å². The van der Waals surface area contributed by atoms with Crippen molar-refractivity contribution in [2.45, 2.75) is 6.92 Å². The fraction of sp³-hybridized carbons (Fsp3) is 0.294. The largest absolute Gasteiger partial charge is 0.395 e. The summed E-state index contributed by atoms with van der Waals surface area (Å²) in [7, 11) is 0. The Balaban J connectivity index is 2.55. The van der Waals surface area contributed by atoms with Gasteiger partial charge in [-0.15, -0.1) is 0 Å². The van der Waals surface area contributed by atoms with Crippen molar-refractivity contribution < 1.29 is 10.2 Å². The minimum Gasteiger partial charge on any atom is -0.395 e. The van der Waals surface area contributed by atoms with E-state index in [1.807, 2.05) is 61.7 Å². The SMILES string of the molecule is C/C=C(\C=C/NCCO)/C=C/c1ccc(NCCO)cc1. The Labute approximate surface area is 126 Å². The molecule has 1 rings (SSSR count). The first-order valence-electron chi connectivity index (χ1n) is 7.10. The summed E-state index contributed by atoms with van der Waals surface area (Å²) in [6.45, 7) is 3.35. The number of aliphatic hydroxyl groups is 2. The second kappa shape index (κ2) is 10.7. The Morgan fingerprint density at radius 2 is 1.76 bits per heavy atom. The number of anilines is 1. The van der Waals surface area contributed by atoms with Crippen molar-refractivity contribution in [3.63, 3.8) is 0 Å². The van der Waals surface area contributed by atoms with Gasteiger partial charge in [-0.05, 0) is 42.5 Å². The molecule has 4 heteroatoms. The lowest BCUT2D eigenvalue weighted by Gasteiger charge is -2.04. The number of hydrogen-bond acceptors (Lipinski definition) is 4. The maximum absolute atomic E-state index is 8.75. The average molecular weight is 288 g/mol. The smallest absolute Gasteiger partial charge is 0.0604 e. The van der Waals surface area contributed by atoms with Crippen LogP contribution in [0.1, 0.15) is 12.5 Å². The predicted octanol–water partition coefficient (Wildman–Crippen LogP) is 2.15. The molecule has 0 unspecified atom stereocenters. The third kappa shape index (κ3) is 7.34. The highest BCUT2D eigenvalue weighted by Crippen LogP contribution is 2.12. The minimum atomic E-state index is 0.127. The molecule has 0 bridgehead atoms. The van der Waals surface area contributed by atoms with Crippen LogP contribution in [0, 0.1) is 0 Å². The molecule has 0 aromatic heterocycles. The summed E-state index contributed by atoms with van der Waals surface area (Å²) in [4.78, 5) is 0. The van der Waals surface area contributed by atoms with E-state index in [1.165, 1.54) is 0 Å². The average Bonchev–Trinajstić information content (AvgIpc) is 2.53. The van der Waals surface area contributed by atoms with Gasteiger partial charge in [0.25, 0.3) is 0 Å². The van der Waals surface area contributed by atoms with Crippen molar-refractivity contribution in [2.75, 3.05) is 31.6 Å². The minimum absolute atomic E-state index is 0.127. The van der Waals surface area contributed by atoms with Crippen molar-refractivity contribution >= 4 is 11.8 Å². The topological polar surface area (TPSA) is 64.5 Å². The van der Waals surface area contributed by atoms with Crippen LogP contribution >= 0.6 is 0 Å². The molecule has 0 aliphatic rings. The van der Waals surface area contributed by atoms with Gasteiger partial charge in [0, 0.05) is 18.8 Å². The zero-order valence-corrected chi connectivity index (χ0v) is 12.4. The molecule has 0 heterocycles. The van der Waals surface area contributed by atoms with E-state index in [9.17, 15) is 0 Å². The molecule has 4 nitrogen and oxygen atoms in total. The fourth-order valence-electron chi connectivity index (χ4n) is 1.66. The number of hydrogen-bond donors (Lipinski definition) is 4. The van der Waals surface area contributed by atoms with Crippen LogP contribution in [0.4, 0.5) is 5.69 Å². The van der Waals surface area contributed by atoms with Crippen molar-refractivity contribution in [1.29, 1.82) is 0 Å². The molecule has 0 aliphatic carbocycles. The Bertz CT molecular complexity index is 476. The third-order valence-electron chi connectivity index (χ3n) is 2.80. The molecule has 21 heavy (non-hydrogen) atoms. The van der Waals surface area contributed by atoms with Crippen LogP contribution in [0.3, 0.4) is 0 Å². The van der Waals surface area contributed by atoms with Gasteiger partial charge in [-0.1, -0.05) is 30.4 Å². The van der Waals surface area contributed by atoms with Gasteiger partial charge in [0.1, 0.15) is 0 Å². The van der Waals surface area contributed by atoms with Crippen LogP contribution in [0.25, 0.3) is 6.08 Å². The lowest BCUT2D eigenvalue weighted by molar-refractivity contribution is 0.298. The normalized spacial score (nSPS) is 12.2. The van der Waals surface area contributed by atoms with Crippen LogP contribution in [0.15, 0.2) is 54.3 Å². The van der Waals surface area contributed by atoms with Crippen LogP contribution in [0.2, 0.25) is 0 Å². The second-order valence-electron chi connectivity index (χ2n) is 4.41. The number of rotatable bonds is 9. The number of benzene rings is 1. The lowest BCUT2D eigenvalue weighted by atomic mass is 10.1. The first kappa shape index (κ1) is 17.0. The van der Waals surface area contributed by atoms with Crippen molar-refractivity contribution in [2.24, 2.45) is 0 Å². The van der Waals surface area contributed by atoms with E-state index in [0.717, 1.165) is 16.8 Å².